The highest BCUT2D eigenvalue weighted by Gasteiger charge is 2.15. The van der Waals surface area contributed by atoms with Crippen LogP contribution in [-0.2, 0) is 11.2 Å². The van der Waals surface area contributed by atoms with Gasteiger partial charge in [-0.05, 0) is 24.1 Å². The molecule has 1 aliphatic heterocycles. The lowest BCUT2D eigenvalue weighted by molar-refractivity contribution is -0.131. The Morgan fingerprint density at radius 2 is 1.83 bits per heavy atom. The molecule has 0 spiro atoms. The molecule has 3 nitrogen and oxygen atoms in total. The van der Waals surface area contributed by atoms with Gasteiger partial charge in [-0.1, -0.05) is 23.7 Å². The monoisotopic (exact) mass is 288 g/mol. The van der Waals surface area contributed by atoms with Gasteiger partial charge in [0, 0.05) is 37.6 Å². The highest BCUT2D eigenvalue weighted by atomic mass is 35.5. The first-order valence-corrected chi connectivity index (χ1v) is 6.36. The summed E-state index contributed by atoms with van der Waals surface area (Å²) in [6.07, 6.45) is 1.38. The maximum atomic E-state index is 11.9. The maximum Gasteiger partial charge on any atom is 0.222 e. The second-order valence-corrected chi connectivity index (χ2v) is 4.69. The fraction of sp³-hybridized carbons (Fsp3) is 0.462. The van der Waals surface area contributed by atoms with Gasteiger partial charge < -0.3 is 10.2 Å². The fourth-order valence-electron chi connectivity index (χ4n) is 1.97. The average molecular weight is 289 g/mol. The molecule has 0 bridgehead atoms. The second kappa shape index (κ2) is 7.62. The lowest BCUT2D eigenvalue weighted by atomic mass is 10.1. The topological polar surface area (TPSA) is 32.3 Å². The van der Waals surface area contributed by atoms with E-state index in [1.54, 1.807) is 0 Å². The summed E-state index contributed by atoms with van der Waals surface area (Å²) in [6.45, 7) is 3.48. The molecule has 1 aromatic rings. The van der Waals surface area contributed by atoms with Crippen LogP contribution in [-0.4, -0.2) is 37.0 Å². The van der Waals surface area contributed by atoms with Crippen molar-refractivity contribution in [2.45, 2.75) is 12.8 Å². The molecule has 1 heterocycles. The molecule has 1 aromatic carbocycles. The van der Waals surface area contributed by atoms with E-state index in [4.69, 9.17) is 11.6 Å². The Morgan fingerprint density at radius 1 is 1.22 bits per heavy atom. The Labute approximate surface area is 119 Å². The van der Waals surface area contributed by atoms with Gasteiger partial charge in [-0.3, -0.25) is 4.79 Å². The summed E-state index contributed by atoms with van der Waals surface area (Å²) in [6, 6.07) is 7.69. The third-order valence-corrected chi connectivity index (χ3v) is 3.26. The minimum absolute atomic E-state index is 0. The number of benzene rings is 1. The van der Waals surface area contributed by atoms with Crippen LogP contribution in [0.15, 0.2) is 24.3 Å². The van der Waals surface area contributed by atoms with Crippen molar-refractivity contribution in [3.8, 4) is 0 Å². The molecule has 0 aromatic heterocycles. The Hall–Kier alpha value is -0.770. The SMILES string of the molecule is Cl.O=C(CCc1ccc(Cl)cc1)N1CCNCC1. The second-order valence-electron chi connectivity index (χ2n) is 4.26. The smallest absolute Gasteiger partial charge is 0.222 e. The summed E-state index contributed by atoms with van der Waals surface area (Å²) < 4.78 is 0. The van der Waals surface area contributed by atoms with E-state index in [1.165, 1.54) is 0 Å². The van der Waals surface area contributed by atoms with Crippen molar-refractivity contribution in [3.05, 3.63) is 34.9 Å². The number of halogens is 2. The molecule has 0 unspecified atom stereocenters. The van der Waals surface area contributed by atoms with Gasteiger partial charge in [0.05, 0.1) is 0 Å². The summed E-state index contributed by atoms with van der Waals surface area (Å²) in [7, 11) is 0. The molecule has 1 saturated heterocycles. The van der Waals surface area contributed by atoms with Crippen molar-refractivity contribution in [2.75, 3.05) is 26.2 Å². The highest BCUT2D eigenvalue weighted by Crippen LogP contribution is 2.11. The van der Waals surface area contributed by atoms with E-state index in [1.807, 2.05) is 29.2 Å². The van der Waals surface area contributed by atoms with Gasteiger partial charge in [0.1, 0.15) is 0 Å². The van der Waals surface area contributed by atoms with Crippen LogP contribution in [0.5, 0.6) is 0 Å². The van der Waals surface area contributed by atoms with Crippen LogP contribution in [0.1, 0.15) is 12.0 Å². The van der Waals surface area contributed by atoms with Gasteiger partial charge in [-0.15, -0.1) is 12.4 Å². The lowest BCUT2D eigenvalue weighted by Crippen LogP contribution is -2.46. The van der Waals surface area contributed by atoms with Crippen LogP contribution in [0.25, 0.3) is 0 Å². The number of hydrogen-bond acceptors (Lipinski definition) is 2. The van der Waals surface area contributed by atoms with E-state index in [-0.39, 0.29) is 18.3 Å². The molecule has 5 heteroatoms. The highest BCUT2D eigenvalue weighted by molar-refractivity contribution is 6.30. The molecule has 18 heavy (non-hydrogen) atoms. The van der Waals surface area contributed by atoms with E-state index < -0.39 is 0 Å². The predicted octanol–water partition coefficient (Wildman–Crippen LogP) is 2.13. The Balaban J connectivity index is 0.00000162. The summed E-state index contributed by atoms with van der Waals surface area (Å²) in [5.41, 5.74) is 1.16. The number of carbonyl (C=O) groups excluding carboxylic acids is 1. The minimum atomic E-state index is 0. The number of aryl methyl sites for hydroxylation is 1. The van der Waals surface area contributed by atoms with Crippen molar-refractivity contribution in [1.29, 1.82) is 0 Å². The fourth-order valence-corrected chi connectivity index (χ4v) is 2.10. The number of hydrogen-bond donors (Lipinski definition) is 1. The molecule has 1 amide bonds. The molecule has 1 aliphatic rings. The van der Waals surface area contributed by atoms with E-state index in [2.05, 4.69) is 5.32 Å². The van der Waals surface area contributed by atoms with Gasteiger partial charge in [0.2, 0.25) is 5.91 Å². The number of nitrogens with zero attached hydrogens (tertiary/aromatic N) is 1. The minimum Gasteiger partial charge on any atom is -0.340 e. The molecule has 0 aliphatic carbocycles. The van der Waals surface area contributed by atoms with Gasteiger partial charge in [0.15, 0.2) is 0 Å². The first kappa shape index (κ1) is 15.3. The van der Waals surface area contributed by atoms with Gasteiger partial charge in [0.25, 0.3) is 0 Å². The maximum absolute atomic E-state index is 11.9. The van der Waals surface area contributed by atoms with Crippen LogP contribution in [0.3, 0.4) is 0 Å². The number of piperazine rings is 1. The molecule has 1 N–H and O–H groups in total. The van der Waals surface area contributed by atoms with Crippen LogP contribution < -0.4 is 5.32 Å². The molecule has 0 atom stereocenters. The summed E-state index contributed by atoms with van der Waals surface area (Å²) in [4.78, 5) is 13.8. The molecule has 1 fully saturated rings. The molecule has 0 saturated carbocycles. The van der Waals surface area contributed by atoms with Crippen molar-refractivity contribution in [1.82, 2.24) is 10.2 Å². The zero-order valence-electron chi connectivity index (χ0n) is 10.2. The predicted molar refractivity (Wildman–Crippen MR) is 76.5 cm³/mol. The van der Waals surface area contributed by atoms with E-state index in [0.29, 0.717) is 6.42 Å². The van der Waals surface area contributed by atoms with E-state index in [9.17, 15) is 4.79 Å². The Kier molecular flexibility index (Phi) is 6.47. The standard InChI is InChI=1S/C13H17ClN2O.ClH/c14-12-4-1-11(2-5-12)3-6-13(17)16-9-7-15-8-10-16;/h1-2,4-5,15H,3,6-10H2;1H. The van der Waals surface area contributed by atoms with E-state index in [0.717, 1.165) is 43.2 Å². The summed E-state index contributed by atoms with van der Waals surface area (Å²) in [5.74, 6) is 0.251. The quantitative estimate of drug-likeness (QED) is 0.924. The molecule has 2 rings (SSSR count). The number of carbonyl (C=O) groups is 1. The normalized spacial score (nSPS) is 15.1. The van der Waals surface area contributed by atoms with Crippen LogP contribution >= 0.6 is 24.0 Å². The average Bonchev–Trinajstić information content (AvgIpc) is 2.39. The van der Waals surface area contributed by atoms with Crippen molar-refractivity contribution >= 4 is 29.9 Å². The van der Waals surface area contributed by atoms with Crippen LogP contribution in [0.2, 0.25) is 5.02 Å². The number of nitrogens with one attached hydrogen (secondary N) is 1. The van der Waals surface area contributed by atoms with Gasteiger partial charge in [-0.2, -0.15) is 0 Å². The first-order chi connectivity index (χ1) is 8.25. The Morgan fingerprint density at radius 3 is 2.44 bits per heavy atom. The van der Waals surface area contributed by atoms with Gasteiger partial charge in [-0.25, -0.2) is 0 Å². The van der Waals surface area contributed by atoms with Crippen molar-refractivity contribution < 1.29 is 4.79 Å². The van der Waals surface area contributed by atoms with Crippen molar-refractivity contribution in [3.63, 3.8) is 0 Å². The molecule has 0 radical (unpaired) electrons. The largest absolute Gasteiger partial charge is 0.340 e. The summed E-state index contributed by atoms with van der Waals surface area (Å²) in [5, 5.41) is 3.98. The van der Waals surface area contributed by atoms with Crippen molar-refractivity contribution in [2.24, 2.45) is 0 Å². The first-order valence-electron chi connectivity index (χ1n) is 5.98. The number of amides is 1. The van der Waals surface area contributed by atoms with E-state index >= 15 is 0 Å². The van der Waals surface area contributed by atoms with Crippen LogP contribution in [0.4, 0.5) is 0 Å². The van der Waals surface area contributed by atoms with Crippen LogP contribution in [0, 0.1) is 0 Å². The third kappa shape index (κ3) is 4.48. The number of rotatable bonds is 3. The lowest BCUT2D eigenvalue weighted by Gasteiger charge is -2.27. The zero-order valence-corrected chi connectivity index (χ0v) is 11.8. The summed E-state index contributed by atoms with van der Waals surface area (Å²) >= 11 is 5.81. The third-order valence-electron chi connectivity index (χ3n) is 3.01. The molecular formula is C13H18Cl2N2O. The molecule has 100 valence electrons. The zero-order chi connectivity index (χ0) is 12.1. The van der Waals surface area contributed by atoms with Gasteiger partial charge >= 0.3 is 0 Å². The Bertz CT molecular complexity index is 375. The molecular weight excluding hydrogens is 271 g/mol.